The summed E-state index contributed by atoms with van der Waals surface area (Å²) < 4.78 is 5.25. The number of benzene rings is 2. The minimum Gasteiger partial charge on any atom is -0.495 e. The molecular weight excluding hydrogens is 378 g/mol. The van der Waals surface area contributed by atoms with E-state index in [2.05, 4.69) is 10.6 Å². The van der Waals surface area contributed by atoms with Gasteiger partial charge in [-0.15, -0.1) is 0 Å². The van der Waals surface area contributed by atoms with Crippen LogP contribution < -0.4 is 20.3 Å². The lowest BCUT2D eigenvalue weighted by molar-refractivity contribution is -0.883. The molecule has 150 valence electrons. The van der Waals surface area contributed by atoms with E-state index in [-0.39, 0.29) is 24.9 Å². The second kappa shape index (κ2) is 11.3. The molecule has 0 radical (unpaired) electrons. The van der Waals surface area contributed by atoms with Gasteiger partial charge in [-0.25, -0.2) is 0 Å². The highest BCUT2D eigenvalue weighted by Gasteiger charge is 2.18. The van der Waals surface area contributed by atoms with E-state index >= 15 is 0 Å². The Morgan fingerprint density at radius 3 is 2.39 bits per heavy atom. The van der Waals surface area contributed by atoms with Crippen molar-refractivity contribution < 1.29 is 19.2 Å². The molecule has 0 spiro atoms. The van der Waals surface area contributed by atoms with Crippen LogP contribution in [0.2, 0.25) is 5.02 Å². The van der Waals surface area contributed by atoms with Crippen LogP contribution in [0.1, 0.15) is 18.9 Å². The first kappa shape index (κ1) is 21.7. The molecule has 3 N–H and O–H groups in total. The number of hydrogen-bond donors (Lipinski definition) is 3. The molecule has 6 nitrogen and oxygen atoms in total. The van der Waals surface area contributed by atoms with Crippen LogP contribution in [-0.2, 0) is 16.1 Å². The van der Waals surface area contributed by atoms with Gasteiger partial charge in [0.05, 0.1) is 19.3 Å². The van der Waals surface area contributed by atoms with Crippen molar-refractivity contribution in [2.75, 3.05) is 32.1 Å². The SMILES string of the molecule is CCC[NH+](CC(=O)NCc1ccc(Cl)cc1)CC(=O)Nc1ccccc1OC. The van der Waals surface area contributed by atoms with Gasteiger partial charge in [0.15, 0.2) is 13.1 Å². The van der Waals surface area contributed by atoms with Crippen LogP contribution in [0, 0.1) is 0 Å². The summed E-state index contributed by atoms with van der Waals surface area (Å²) >= 11 is 5.87. The maximum atomic E-state index is 12.4. The van der Waals surface area contributed by atoms with Crippen LogP contribution in [0.4, 0.5) is 5.69 Å². The van der Waals surface area contributed by atoms with Gasteiger partial charge in [0, 0.05) is 11.6 Å². The number of para-hydroxylation sites is 2. The molecule has 0 aliphatic carbocycles. The van der Waals surface area contributed by atoms with Crippen LogP contribution >= 0.6 is 11.6 Å². The number of rotatable bonds is 10. The summed E-state index contributed by atoms with van der Waals surface area (Å²) in [7, 11) is 1.56. The molecule has 2 aromatic carbocycles. The normalized spacial score (nSPS) is 11.5. The Hall–Kier alpha value is -2.57. The minimum absolute atomic E-state index is 0.0940. The van der Waals surface area contributed by atoms with Gasteiger partial charge in [-0.3, -0.25) is 9.59 Å². The average molecular weight is 405 g/mol. The van der Waals surface area contributed by atoms with Crippen molar-refractivity contribution in [1.29, 1.82) is 0 Å². The van der Waals surface area contributed by atoms with Crippen molar-refractivity contribution in [2.45, 2.75) is 19.9 Å². The zero-order valence-electron chi connectivity index (χ0n) is 16.3. The predicted octanol–water partition coefficient (Wildman–Crippen LogP) is 1.90. The first-order valence-corrected chi connectivity index (χ1v) is 9.67. The van der Waals surface area contributed by atoms with E-state index in [9.17, 15) is 9.59 Å². The molecule has 1 atom stereocenters. The van der Waals surface area contributed by atoms with Crippen LogP contribution in [0.5, 0.6) is 5.75 Å². The lowest BCUT2D eigenvalue weighted by Crippen LogP contribution is -3.14. The largest absolute Gasteiger partial charge is 0.495 e. The highest BCUT2D eigenvalue weighted by atomic mass is 35.5. The number of ether oxygens (including phenoxy) is 1. The van der Waals surface area contributed by atoms with Crippen molar-refractivity contribution in [3.63, 3.8) is 0 Å². The van der Waals surface area contributed by atoms with E-state index in [0.29, 0.717) is 23.0 Å². The summed E-state index contributed by atoms with van der Waals surface area (Å²) in [5.74, 6) is 0.357. The molecule has 0 saturated carbocycles. The zero-order valence-corrected chi connectivity index (χ0v) is 17.0. The number of amides is 2. The third-order valence-corrected chi connectivity index (χ3v) is 4.46. The molecule has 2 rings (SSSR count). The molecule has 7 heteroatoms. The Kier molecular flexibility index (Phi) is 8.78. The Labute approximate surface area is 170 Å². The van der Waals surface area contributed by atoms with E-state index in [1.807, 2.05) is 31.2 Å². The van der Waals surface area contributed by atoms with Gasteiger partial charge < -0.3 is 20.3 Å². The molecule has 0 aliphatic rings. The first-order valence-electron chi connectivity index (χ1n) is 9.29. The van der Waals surface area contributed by atoms with Crippen molar-refractivity contribution >= 4 is 29.1 Å². The quantitative estimate of drug-likeness (QED) is 0.566. The summed E-state index contributed by atoms with van der Waals surface area (Å²) in [6.07, 6.45) is 0.877. The lowest BCUT2D eigenvalue weighted by atomic mass is 10.2. The lowest BCUT2D eigenvalue weighted by Gasteiger charge is -2.18. The number of carbonyl (C=O) groups is 2. The topological polar surface area (TPSA) is 71.9 Å². The molecule has 1 unspecified atom stereocenters. The summed E-state index contributed by atoms with van der Waals surface area (Å²) in [5, 5.41) is 6.41. The van der Waals surface area contributed by atoms with E-state index in [1.54, 1.807) is 31.4 Å². The number of methoxy groups -OCH3 is 1. The van der Waals surface area contributed by atoms with Gasteiger partial charge in [0.1, 0.15) is 5.75 Å². The number of anilines is 1. The molecule has 0 fully saturated rings. The monoisotopic (exact) mass is 404 g/mol. The van der Waals surface area contributed by atoms with Crippen molar-refractivity contribution in [3.05, 3.63) is 59.1 Å². The van der Waals surface area contributed by atoms with Gasteiger partial charge >= 0.3 is 0 Å². The van der Waals surface area contributed by atoms with E-state index < -0.39 is 0 Å². The van der Waals surface area contributed by atoms with Crippen molar-refractivity contribution in [1.82, 2.24) is 5.32 Å². The van der Waals surface area contributed by atoms with E-state index in [0.717, 1.165) is 23.4 Å². The Morgan fingerprint density at radius 1 is 1.04 bits per heavy atom. The standard InChI is InChI=1S/C21H26ClN3O3/c1-3-12-25(14-20(26)23-13-16-8-10-17(22)11-9-16)15-21(27)24-18-6-4-5-7-19(18)28-2/h4-11H,3,12-15H2,1-2H3,(H,23,26)(H,24,27)/p+1. The smallest absolute Gasteiger partial charge is 0.279 e. The highest BCUT2D eigenvalue weighted by molar-refractivity contribution is 6.30. The zero-order chi connectivity index (χ0) is 20.4. The Morgan fingerprint density at radius 2 is 1.71 bits per heavy atom. The van der Waals surface area contributed by atoms with E-state index in [1.165, 1.54) is 0 Å². The van der Waals surface area contributed by atoms with Gasteiger partial charge in [0.2, 0.25) is 0 Å². The molecule has 0 aromatic heterocycles. The second-order valence-electron chi connectivity index (χ2n) is 6.51. The van der Waals surface area contributed by atoms with Crippen LogP contribution in [0.3, 0.4) is 0 Å². The second-order valence-corrected chi connectivity index (χ2v) is 6.94. The molecule has 0 saturated heterocycles. The molecular formula is C21H27ClN3O3+. The molecule has 28 heavy (non-hydrogen) atoms. The molecule has 0 bridgehead atoms. The third-order valence-electron chi connectivity index (χ3n) is 4.21. The predicted molar refractivity (Wildman–Crippen MR) is 111 cm³/mol. The fraction of sp³-hybridized carbons (Fsp3) is 0.333. The fourth-order valence-electron chi connectivity index (χ4n) is 2.85. The third kappa shape index (κ3) is 7.21. The fourth-order valence-corrected chi connectivity index (χ4v) is 2.98. The number of halogens is 1. The average Bonchev–Trinajstić information content (AvgIpc) is 2.68. The number of carbonyl (C=O) groups excluding carboxylic acids is 2. The summed E-state index contributed by atoms with van der Waals surface area (Å²) in [6.45, 7) is 3.64. The molecule has 2 aromatic rings. The molecule has 2 amide bonds. The van der Waals surface area contributed by atoms with Crippen LogP contribution in [0.25, 0.3) is 0 Å². The van der Waals surface area contributed by atoms with Gasteiger partial charge in [-0.05, 0) is 36.2 Å². The Balaban J connectivity index is 1.86. The molecule has 0 heterocycles. The summed E-state index contributed by atoms with van der Waals surface area (Å²) in [5.41, 5.74) is 1.60. The summed E-state index contributed by atoms with van der Waals surface area (Å²) in [6, 6.07) is 14.6. The van der Waals surface area contributed by atoms with Gasteiger partial charge in [-0.2, -0.15) is 0 Å². The Bertz CT molecular complexity index is 781. The van der Waals surface area contributed by atoms with Crippen LogP contribution in [-0.4, -0.2) is 38.6 Å². The number of quaternary nitrogens is 1. The molecule has 0 aliphatic heterocycles. The minimum atomic E-state index is -0.154. The van der Waals surface area contributed by atoms with Gasteiger partial charge in [0.25, 0.3) is 11.8 Å². The maximum absolute atomic E-state index is 12.4. The van der Waals surface area contributed by atoms with Crippen molar-refractivity contribution in [2.24, 2.45) is 0 Å². The van der Waals surface area contributed by atoms with Crippen LogP contribution in [0.15, 0.2) is 48.5 Å². The first-order chi connectivity index (χ1) is 13.5. The van der Waals surface area contributed by atoms with Crippen molar-refractivity contribution in [3.8, 4) is 5.75 Å². The number of hydrogen-bond acceptors (Lipinski definition) is 3. The maximum Gasteiger partial charge on any atom is 0.279 e. The summed E-state index contributed by atoms with van der Waals surface area (Å²) in [4.78, 5) is 25.6. The van der Waals surface area contributed by atoms with Gasteiger partial charge in [-0.1, -0.05) is 42.8 Å². The van der Waals surface area contributed by atoms with E-state index in [4.69, 9.17) is 16.3 Å². The highest BCUT2D eigenvalue weighted by Crippen LogP contribution is 2.22. The number of nitrogens with one attached hydrogen (secondary N) is 3.